The summed E-state index contributed by atoms with van der Waals surface area (Å²) in [6, 6.07) is 0. The number of hydrogen-bond acceptors (Lipinski definition) is 3. The molecule has 0 fully saturated rings. The summed E-state index contributed by atoms with van der Waals surface area (Å²) in [6.45, 7) is 3.25. The molecule has 2 nitrogen and oxygen atoms in total. The molecule has 0 aromatic heterocycles. The van der Waals surface area contributed by atoms with Crippen LogP contribution in [0.25, 0.3) is 0 Å². The van der Waals surface area contributed by atoms with Crippen LogP contribution >= 0.6 is 11.8 Å². The minimum atomic E-state index is 0.372. The van der Waals surface area contributed by atoms with Crippen molar-refractivity contribution in [3.63, 3.8) is 0 Å². The van der Waals surface area contributed by atoms with E-state index in [-0.39, 0.29) is 0 Å². The summed E-state index contributed by atoms with van der Waals surface area (Å²) in [4.78, 5) is 13.8. The van der Waals surface area contributed by atoms with Crippen LogP contribution in [-0.4, -0.2) is 36.4 Å². The van der Waals surface area contributed by atoms with Gasteiger partial charge in [0.1, 0.15) is 0 Å². The third kappa shape index (κ3) is 23.4. The lowest BCUT2D eigenvalue weighted by Crippen LogP contribution is -2.15. The van der Waals surface area contributed by atoms with Gasteiger partial charge in [-0.2, -0.15) is 0 Å². The molecule has 0 N–H and O–H groups in total. The zero-order valence-corrected chi connectivity index (χ0v) is 19.2. The van der Waals surface area contributed by atoms with Gasteiger partial charge < -0.3 is 4.90 Å². The lowest BCUT2D eigenvalue weighted by molar-refractivity contribution is -0.111. The van der Waals surface area contributed by atoms with Crippen molar-refractivity contribution in [2.45, 2.75) is 96.8 Å². The average Bonchev–Trinajstić information content (AvgIpc) is 2.64. The van der Waals surface area contributed by atoms with E-state index >= 15 is 0 Å². The molecule has 0 aromatic carbocycles. The van der Waals surface area contributed by atoms with Gasteiger partial charge in [0.15, 0.2) is 5.12 Å². The molecule has 158 valence electrons. The number of allylic oxidation sites excluding steroid dienone is 4. The van der Waals surface area contributed by atoms with Gasteiger partial charge in [-0.1, -0.05) is 87.9 Å². The molecule has 3 heteroatoms. The fourth-order valence-electron chi connectivity index (χ4n) is 2.85. The Morgan fingerprint density at radius 3 is 1.93 bits per heavy atom. The Morgan fingerprint density at radius 1 is 0.778 bits per heavy atom. The molecule has 0 aliphatic carbocycles. The molecule has 0 radical (unpaired) electrons. The van der Waals surface area contributed by atoms with Crippen molar-refractivity contribution < 1.29 is 4.79 Å². The number of hydrogen-bond donors (Lipinski definition) is 0. The van der Waals surface area contributed by atoms with E-state index in [0.717, 1.165) is 31.6 Å². The molecule has 0 rings (SSSR count). The normalized spacial score (nSPS) is 12.0. The Morgan fingerprint density at radius 2 is 1.33 bits per heavy atom. The Kier molecular flexibility index (Phi) is 21.3. The SMILES string of the molecule is CCCCCCC=CCC=CCCCCCCCCC(=O)SCCN(C)C. The van der Waals surface area contributed by atoms with Crippen LogP contribution in [0.3, 0.4) is 0 Å². The molecule has 0 unspecified atom stereocenters. The van der Waals surface area contributed by atoms with Gasteiger partial charge in [-0.25, -0.2) is 0 Å². The monoisotopic (exact) mass is 395 g/mol. The first-order valence-corrected chi connectivity index (χ1v) is 12.3. The van der Waals surface area contributed by atoms with Gasteiger partial charge in [-0.05, 0) is 52.6 Å². The molecular weight excluding hydrogens is 350 g/mol. The Balaban J connectivity index is 3.26. The molecule has 0 aliphatic rings. The summed E-state index contributed by atoms with van der Waals surface area (Å²) in [7, 11) is 4.10. The van der Waals surface area contributed by atoms with Gasteiger partial charge >= 0.3 is 0 Å². The van der Waals surface area contributed by atoms with E-state index in [1.807, 2.05) is 14.1 Å². The maximum atomic E-state index is 11.7. The number of carbonyl (C=O) groups is 1. The molecule has 27 heavy (non-hydrogen) atoms. The fourth-order valence-corrected chi connectivity index (χ4v) is 3.82. The standard InChI is InChI=1S/C24H45NOS/c1-4-5-6-7-8-9-10-11-12-13-14-15-16-17-18-19-20-21-24(26)27-23-22-25(2)3/h9-10,12-13H,4-8,11,14-23H2,1-3H3. The van der Waals surface area contributed by atoms with Crippen molar-refractivity contribution in [2.75, 3.05) is 26.4 Å². The first kappa shape index (κ1) is 26.5. The number of nitrogens with zero attached hydrogens (tertiary/aromatic N) is 1. The minimum absolute atomic E-state index is 0.372. The van der Waals surface area contributed by atoms with Crippen LogP contribution in [0.5, 0.6) is 0 Å². The largest absolute Gasteiger partial charge is 0.309 e. The summed E-state index contributed by atoms with van der Waals surface area (Å²) in [5.74, 6) is 0.925. The van der Waals surface area contributed by atoms with Crippen molar-refractivity contribution in [3.8, 4) is 0 Å². The average molecular weight is 396 g/mol. The van der Waals surface area contributed by atoms with Gasteiger partial charge in [0.25, 0.3) is 0 Å². The van der Waals surface area contributed by atoms with Crippen molar-refractivity contribution in [3.05, 3.63) is 24.3 Å². The van der Waals surface area contributed by atoms with Crippen molar-refractivity contribution in [1.29, 1.82) is 0 Å². The van der Waals surface area contributed by atoms with Crippen LogP contribution in [0, 0.1) is 0 Å². The fraction of sp³-hybridized carbons (Fsp3) is 0.792. The Hall–Kier alpha value is -0.540. The number of rotatable bonds is 19. The summed E-state index contributed by atoms with van der Waals surface area (Å²) < 4.78 is 0. The van der Waals surface area contributed by atoms with Crippen LogP contribution in [0.2, 0.25) is 0 Å². The highest BCUT2D eigenvalue weighted by atomic mass is 32.2. The maximum absolute atomic E-state index is 11.7. The van der Waals surface area contributed by atoms with Gasteiger partial charge in [-0.3, -0.25) is 4.79 Å². The highest BCUT2D eigenvalue weighted by Crippen LogP contribution is 2.13. The van der Waals surface area contributed by atoms with Crippen molar-refractivity contribution in [1.82, 2.24) is 4.90 Å². The third-order valence-electron chi connectivity index (χ3n) is 4.63. The topological polar surface area (TPSA) is 20.3 Å². The van der Waals surface area contributed by atoms with Gasteiger partial charge in [0.05, 0.1) is 0 Å². The highest BCUT2D eigenvalue weighted by molar-refractivity contribution is 8.13. The van der Waals surface area contributed by atoms with E-state index in [1.165, 1.54) is 82.4 Å². The van der Waals surface area contributed by atoms with E-state index < -0.39 is 0 Å². The Bertz CT molecular complexity index is 377. The van der Waals surface area contributed by atoms with Crippen molar-refractivity contribution in [2.24, 2.45) is 0 Å². The maximum Gasteiger partial charge on any atom is 0.188 e. The van der Waals surface area contributed by atoms with Gasteiger partial charge in [0, 0.05) is 18.7 Å². The van der Waals surface area contributed by atoms with Crippen molar-refractivity contribution >= 4 is 16.9 Å². The molecule has 0 aromatic rings. The van der Waals surface area contributed by atoms with Gasteiger partial charge in [-0.15, -0.1) is 0 Å². The first-order chi connectivity index (χ1) is 13.2. The molecule has 0 spiro atoms. The zero-order chi connectivity index (χ0) is 20.0. The van der Waals surface area contributed by atoms with Crippen LogP contribution in [0.1, 0.15) is 96.8 Å². The van der Waals surface area contributed by atoms with Crippen LogP contribution in [0.15, 0.2) is 24.3 Å². The second kappa shape index (κ2) is 21.8. The molecule has 0 aliphatic heterocycles. The predicted octanol–water partition coefficient (Wildman–Crippen LogP) is 7.40. The lowest BCUT2D eigenvalue weighted by Gasteiger charge is -2.07. The molecule has 0 amide bonds. The predicted molar refractivity (Wildman–Crippen MR) is 125 cm³/mol. The molecular formula is C24H45NOS. The van der Waals surface area contributed by atoms with Crippen LogP contribution in [0.4, 0.5) is 0 Å². The minimum Gasteiger partial charge on any atom is -0.309 e. The third-order valence-corrected chi connectivity index (χ3v) is 5.55. The summed E-state index contributed by atoms with van der Waals surface area (Å²) in [5.41, 5.74) is 0. The van der Waals surface area contributed by atoms with Gasteiger partial charge in [0.2, 0.25) is 0 Å². The Labute approximate surface area is 174 Å². The van der Waals surface area contributed by atoms with E-state index in [4.69, 9.17) is 0 Å². The van der Waals surface area contributed by atoms with E-state index in [9.17, 15) is 4.79 Å². The molecule has 0 atom stereocenters. The molecule has 0 saturated carbocycles. The highest BCUT2D eigenvalue weighted by Gasteiger charge is 2.02. The number of thioether (sulfide) groups is 1. The molecule has 0 saturated heterocycles. The molecule has 0 heterocycles. The first-order valence-electron chi connectivity index (χ1n) is 11.3. The van der Waals surface area contributed by atoms with E-state index in [1.54, 1.807) is 0 Å². The molecule has 0 bridgehead atoms. The lowest BCUT2D eigenvalue weighted by atomic mass is 10.1. The zero-order valence-electron chi connectivity index (χ0n) is 18.4. The quantitative estimate of drug-likeness (QED) is 0.168. The van der Waals surface area contributed by atoms with Crippen LogP contribution < -0.4 is 0 Å². The summed E-state index contributed by atoms with van der Waals surface area (Å²) in [6.07, 6.45) is 26.5. The second-order valence-corrected chi connectivity index (χ2v) is 8.86. The second-order valence-electron chi connectivity index (χ2n) is 7.71. The number of carbonyl (C=O) groups excluding carboxylic acids is 1. The van der Waals surface area contributed by atoms with Crippen LogP contribution in [-0.2, 0) is 4.79 Å². The van der Waals surface area contributed by atoms with E-state index in [0.29, 0.717) is 5.12 Å². The smallest absolute Gasteiger partial charge is 0.188 e. The number of unbranched alkanes of at least 4 members (excludes halogenated alkanes) is 10. The van der Waals surface area contributed by atoms with E-state index in [2.05, 4.69) is 36.1 Å². The summed E-state index contributed by atoms with van der Waals surface area (Å²) in [5, 5.41) is 0.372. The summed E-state index contributed by atoms with van der Waals surface area (Å²) >= 11 is 1.50.